The average molecular weight is 227 g/mol. The molecule has 2 aromatic rings. The topological polar surface area (TPSA) is 91.4 Å². The first-order chi connectivity index (χ1) is 8.17. The van der Waals surface area contributed by atoms with E-state index in [1.807, 2.05) is 6.07 Å². The molecule has 1 aromatic carbocycles. The minimum atomic E-state index is -0.481. The van der Waals surface area contributed by atoms with E-state index in [-0.39, 0.29) is 17.1 Å². The molecule has 0 aliphatic heterocycles. The second kappa shape index (κ2) is 3.95. The highest BCUT2D eigenvalue weighted by molar-refractivity contribution is 5.60. The van der Waals surface area contributed by atoms with E-state index in [9.17, 15) is 4.39 Å². The van der Waals surface area contributed by atoms with Crippen LogP contribution in [0.3, 0.4) is 0 Å². The summed E-state index contributed by atoms with van der Waals surface area (Å²) in [6.07, 6.45) is 1.27. The number of benzene rings is 1. The average Bonchev–Trinajstić information content (AvgIpc) is 2.74. The molecule has 17 heavy (non-hydrogen) atoms. The van der Waals surface area contributed by atoms with Crippen LogP contribution in [0, 0.1) is 28.5 Å². The number of nitriles is 2. The molecule has 0 aliphatic carbocycles. The number of rotatable bonds is 1. The van der Waals surface area contributed by atoms with Crippen molar-refractivity contribution in [3.8, 4) is 17.8 Å². The fourth-order valence-corrected chi connectivity index (χ4v) is 1.45. The summed E-state index contributed by atoms with van der Waals surface area (Å²) in [6.45, 7) is 0. The third kappa shape index (κ3) is 1.68. The van der Waals surface area contributed by atoms with Crippen molar-refractivity contribution in [2.75, 3.05) is 5.73 Å². The summed E-state index contributed by atoms with van der Waals surface area (Å²) in [4.78, 5) is 3.75. The summed E-state index contributed by atoms with van der Waals surface area (Å²) in [6, 6.07) is 7.40. The number of nitrogen functional groups attached to an aromatic ring is 1. The van der Waals surface area contributed by atoms with Gasteiger partial charge in [0, 0.05) is 6.07 Å². The van der Waals surface area contributed by atoms with Gasteiger partial charge in [0.05, 0.1) is 11.4 Å². The van der Waals surface area contributed by atoms with Crippen LogP contribution in [0.2, 0.25) is 0 Å². The number of anilines is 1. The molecule has 82 valence electrons. The van der Waals surface area contributed by atoms with Crippen LogP contribution in [0.25, 0.3) is 5.69 Å². The van der Waals surface area contributed by atoms with Gasteiger partial charge in [-0.15, -0.1) is 0 Å². The fraction of sp³-hybridized carbons (Fsp3) is 0. The number of hydrogen-bond acceptors (Lipinski definition) is 4. The maximum Gasteiger partial charge on any atom is 0.177 e. The molecule has 0 amide bonds. The van der Waals surface area contributed by atoms with E-state index in [2.05, 4.69) is 4.98 Å². The molecule has 0 spiro atoms. The maximum absolute atomic E-state index is 13.1. The van der Waals surface area contributed by atoms with Crippen molar-refractivity contribution in [2.45, 2.75) is 0 Å². The highest BCUT2D eigenvalue weighted by atomic mass is 19.1. The monoisotopic (exact) mass is 227 g/mol. The van der Waals surface area contributed by atoms with Crippen molar-refractivity contribution in [1.82, 2.24) is 9.55 Å². The molecule has 5 nitrogen and oxygen atoms in total. The van der Waals surface area contributed by atoms with E-state index in [1.54, 1.807) is 6.07 Å². The van der Waals surface area contributed by atoms with Crippen LogP contribution < -0.4 is 5.73 Å². The molecule has 0 radical (unpaired) electrons. The molecule has 0 atom stereocenters. The zero-order valence-corrected chi connectivity index (χ0v) is 8.55. The lowest BCUT2D eigenvalue weighted by molar-refractivity contribution is 0.627. The van der Waals surface area contributed by atoms with Crippen LogP contribution in [0.1, 0.15) is 11.4 Å². The minimum Gasteiger partial charge on any atom is -0.397 e. The predicted octanol–water partition coefficient (Wildman–Crippen LogP) is 1.34. The Kier molecular flexibility index (Phi) is 2.48. The number of halogens is 1. The van der Waals surface area contributed by atoms with Crippen molar-refractivity contribution in [2.24, 2.45) is 0 Å². The first-order valence-electron chi connectivity index (χ1n) is 4.60. The largest absolute Gasteiger partial charge is 0.397 e. The van der Waals surface area contributed by atoms with Gasteiger partial charge in [-0.1, -0.05) is 0 Å². The van der Waals surface area contributed by atoms with Gasteiger partial charge in [0.25, 0.3) is 0 Å². The highest BCUT2D eigenvalue weighted by Crippen LogP contribution is 2.21. The van der Waals surface area contributed by atoms with Gasteiger partial charge >= 0.3 is 0 Å². The zero-order chi connectivity index (χ0) is 12.4. The standard InChI is InChI=1S/C11H6FN5/c12-7-1-2-8(15)10(3-7)17-6-16-9(4-13)11(17)5-14/h1-3,6H,15H2. The highest BCUT2D eigenvalue weighted by Gasteiger charge is 2.13. The number of nitrogens with two attached hydrogens (primary N) is 1. The molecular weight excluding hydrogens is 221 g/mol. The Morgan fingerprint density at radius 3 is 2.71 bits per heavy atom. The Hall–Kier alpha value is -2.86. The Labute approximate surface area is 96.1 Å². The van der Waals surface area contributed by atoms with Gasteiger partial charge < -0.3 is 5.73 Å². The SMILES string of the molecule is N#Cc1ncn(-c2cc(F)ccc2N)c1C#N. The Balaban J connectivity index is 2.70. The van der Waals surface area contributed by atoms with Crippen molar-refractivity contribution in [3.63, 3.8) is 0 Å². The molecule has 0 aliphatic rings. The summed E-state index contributed by atoms with van der Waals surface area (Å²) in [5.41, 5.74) is 6.29. The van der Waals surface area contributed by atoms with Gasteiger partial charge in [-0.3, -0.25) is 4.57 Å². The molecule has 1 aromatic heterocycles. The zero-order valence-electron chi connectivity index (χ0n) is 8.55. The van der Waals surface area contributed by atoms with Gasteiger partial charge in [0.2, 0.25) is 0 Å². The van der Waals surface area contributed by atoms with Crippen molar-refractivity contribution < 1.29 is 4.39 Å². The van der Waals surface area contributed by atoms with Crippen LogP contribution >= 0.6 is 0 Å². The summed E-state index contributed by atoms with van der Waals surface area (Å²) >= 11 is 0. The molecule has 0 fully saturated rings. The van der Waals surface area contributed by atoms with Crippen molar-refractivity contribution >= 4 is 5.69 Å². The Morgan fingerprint density at radius 2 is 2.06 bits per heavy atom. The first kappa shape index (κ1) is 10.7. The Morgan fingerprint density at radius 1 is 1.29 bits per heavy atom. The first-order valence-corrected chi connectivity index (χ1v) is 4.60. The molecular formula is C11H6FN5. The van der Waals surface area contributed by atoms with Crippen molar-refractivity contribution in [1.29, 1.82) is 10.5 Å². The molecule has 6 heteroatoms. The normalized spacial score (nSPS) is 9.59. The Bertz CT molecular complexity index is 659. The summed E-state index contributed by atoms with van der Waals surface area (Å²) in [5, 5.41) is 17.7. The number of hydrogen-bond donors (Lipinski definition) is 1. The number of imidazole rings is 1. The van der Waals surface area contributed by atoms with Crippen LogP contribution in [0.5, 0.6) is 0 Å². The third-order valence-corrected chi connectivity index (χ3v) is 2.23. The second-order valence-electron chi connectivity index (χ2n) is 3.24. The minimum absolute atomic E-state index is 0.0174. The van der Waals surface area contributed by atoms with Crippen LogP contribution in [-0.4, -0.2) is 9.55 Å². The van der Waals surface area contributed by atoms with Gasteiger partial charge in [0.15, 0.2) is 11.4 Å². The third-order valence-electron chi connectivity index (χ3n) is 2.23. The summed E-state index contributed by atoms with van der Waals surface area (Å²) in [5.74, 6) is -0.481. The molecule has 0 saturated carbocycles. The lowest BCUT2D eigenvalue weighted by Gasteiger charge is -2.07. The maximum atomic E-state index is 13.1. The summed E-state index contributed by atoms with van der Waals surface area (Å²) in [7, 11) is 0. The smallest absolute Gasteiger partial charge is 0.177 e. The molecule has 2 N–H and O–H groups in total. The van der Waals surface area contributed by atoms with E-state index < -0.39 is 5.82 Å². The molecule has 0 unspecified atom stereocenters. The van der Waals surface area contributed by atoms with E-state index in [1.165, 1.54) is 29.1 Å². The van der Waals surface area contributed by atoms with E-state index >= 15 is 0 Å². The van der Waals surface area contributed by atoms with Gasteiger partial charge in [-0.2, -0.15) is 10.5 Å². The van der Waals surface area contributed by atoms with Crippen molar-refractivity contribution in [3.05, 3.63) is 41.7 Å². The molecule has 2 rings (SSSR count). The second-order valence-corrected chi connectivity index (χ2v) is 3.24. The van der Waals surface area contributed by atoms with Crippen LogP contribution in [0.4, 0.5) is 10.1 Å². The quantitative estimate of drug-likeness (QED) is 0.744. The molecule has 0 saturated heterocycles. The van der Waals surface area contributed by atoms with E-state index in [4.69, 9.17) is 16.3 Å². The number of nitrogens with zero attached hydrogens (tertiary/aromatic N) is 4. The summed E-state index contributed by atoms with van der Waals surface area (Å²) < 4.78 is 14.4. The van der Waals surface area contributed by atoms with Gasteiger partial charge in [-0.25, -0.2) is 9.37 Å². The van der Waals surface area contributed by atoms with E-state index in [0.29, 0.717) is 5.69 Å². The lowest BCUT2D eigenvalue weighted by Crippen LogP contribution is -2.02. The predicted molar refractivity (Wildman–Crippen MR) is 57.4 cm³/mol. The lowest BCUT2D eigenvalue weighted by atomic mass is 10.2. The number of aromatic nitrogens is 2. The van der Waals surface area contributed by atoms with Gasteiger partial charge in [-0.05, 0) is 12.1 Å². The molecule has 0 bridgehead atoms. The fourth-order valence-electron chi connectivity index (χ4n) is 1.45. The van der Waals surface area contributed by atoms with E-state index in [0.717, 1.165) is 0 Å². The molecule has 1 heterocycles. The van der Waals surface area contributed by atoms with Crippen LogP contribution in [-0.2, 0) is 0 Å². The van der Waals surface area contributed by atoms with Crippen LogP contribution in [0.15, 0.2) is 24.5 Å². The van der Waals surface area contributed by atoms with Gasteiger partial charge in [0.1, 0.15) is 24.3 Å².